The van der Waals surface area contributed by atoms with Crippen LogP contribution in [0.3, 0.4) is 0 Å². The van der Waals surface area contributed by atoms with Gasteiger partial charge in [0.15, 0.2) is 5.75 Å². The molecule has 5 heterocycles. The Morgan fingerprint density at radius 2 is 1.28 bits per heavy atom. The van der Waals surface area contributed by atoms with Gasteiger partial charge in [-0.25, -0.2) is 4.98 Å². The van der Waals surface area contributed by atoms with Crippen molar-refractivity contribution in [2.45, 2.75) is 18.6 Å². The molecule has 0 saturated carbocycles. The summed E-state index contributed by atoms with van der Waals surface area (Å²) in [6.45, 7) is 0. The Balaban J connectivity index is 0.998. The predicted molar refractivity (Wildman–Crippen MR) is 246 cm³/mol. The third-order valence-corrected chi connectivity index (χ3v) is 12.5. The van der Waals surface area contributed by atoms with Crippen LogP contribution in [-0.4, -0.2) is 33.0 Å². The highest BCUT2D eigenvalue weighted by Crippen LogP contribution is 2.50. The quantitative estimate of drug-likeness (QED) is 0.163. The summed E-state index contributed by atoms with van der Waals surface area (Å²) < 4.78 is 6.91. The molecule has 2 atom stereocenters. The van der Waals surface area contributed by atoms with E-state index in [9.17, 15) is 0 Å². The smallest absolute Gasteiger partial charge is 0.154 e. The number of hydrogen-bond donors (Lipinski definition) is 0. The Labute approximate surface area is 348 Å². The first-order valence-electron chi connectivity index (χ1n) is 20.6. The van der Waals surface area contributed by atoms with Gasteiger partial charge in [-0.15, -0.1) is 0 Å². The van der Waals surface area contributed by atoms with Crippen LogP contribution in [-0.2, 0) is 0 Å². The summed E-state index contributed by atoms with van der Waals surface area (Å²) in [5, 5.41) is 8.59. The molecule has 2 unspecified atom stereocenters. The number of rotatable bonds is 5. The van der Waals surface area contributed by atoms with Gasteiger partial charge < -0.3 is 9.64 Å². The maximum atomic E-state index is 6.91. The van der Waals surface area contributed by atoms with Crippen LogP contribution in [0.25, 0.3) is 82.4 Å². The normalized spacial score (nSPS) is 17.0. The average molecular weight is 771 g/mol. The van der Waals surface area contributed by atoms with E-state index in [2.05, 4.69) is 170 Å². The second-order valence-electron chi connectivity index (χ2n) is 15.9. The van der Waals surface area contributed by atoms with E-state index in [-0.39, 0.29) is 12.1 Å². The summed E-state index contributed by atoms with van der Waals surface area (Å²) in [5.41, 5.74) is 12.7. The van der Waals surface area contributed by atoms with E-state index in [0.717, 1.165) is 79.2 Å². The van der Waals surface area contributed by atoms with Crippen molar-refractivity contribution in [2.24, 2.45) is 0 Å². The largest absolute Gasteiger partial charge is 0.482 e. The number of aromatic nitrogens is 3. The molecule has 6 aromatic carbocycles. The molecule has 0 radical (unpaired) electrons. The molecule has 0 N–H and O–H groups in total. The molecule has 0 saturated heterocycles. The van der Waals surface area contributed by atoms with Gasteiger partial charge in [-0.2, -0.15) is 0 Å². The molecule has 5 heteroatoms. The van der Waals surface area contributed by atoms with Crippen molar-refractivity contribution in [3.8, 4) is 28.1 Å². The van der Waals surface area contributed by atoms with Crippen molar-refractivity contribution in [2.75, 3.05) is 7.05 Å². The Hall–Kier alpha value is -7.63. The zero-order chi connectivity index (χ0) is 39.7. The van der Waals surface area contributed by atoms with Crippen molar-refractivity contribution in [1.29, 1.82) is 0 Å². The lowest BCUT2D eigenvalue weighted by Gasteiger charge is -2.33. The van der Waals surface area contributed by atoms with Crippen LogP contribution in [0.1, 0.15) is 35.0 Å². The standard InChI is InChI=1S/C55H38N4O/c1-59-50(48-20-8-10-27-56-48)32-38(33-51(59)49-21-9-11-28-57-49)35-14-12-13-34(29-35)36-24-26-47-46(30-36)53-44-19-6-7-22-52(44)60-55(53)54(58-47)37-23-25-43-41-17-3-2-15-39(41)40-16-4-5-18-42(40)45(43)31-37/h2-21,23-33,50,52H,22H2,1H3. The number of benzene rings is 6. The summed E-state index contributed by atoms with van der Waals surface area (Å²) in [6.07, 6.45) is 15.6. The fourth-order valence-electron chi connectivity index (χ4n) is 9.57. The van der Waals surface area contributed by atoms with E-state index < -0.39 is 0 Å². The third-order valence-electron chi connectivity index (χ3n) is 12.5. The molecule has 3 aromatic heterocycles. The van der Waals surface area contributed by atoms with Gasteiger partial charge in [-0.1, -0.05) is 115 Å². The van der Waals surface area contributed by atoms with Crippen molar-refractivity contribution in [3.05, 3.63) is 211 Å². The molecule has 3 aliphatic rings. The Morgan fingerprint density at radius 3 is 2.05 bits per heavy atom. The summed E-state index contributed by atoms with van der Waals surface area (Å²) >= 11 is 0. The van der Waals surface area contributed by atoms with Gasteiger partial charge in [0, 0.05) is 47.9 Å². The van der Waals surface area contributed by atoms with Crippen molar-refractivity contribution in [3.63, 3.8) is 0 Å². The first-order chi connectivity index (χ1) is 29.7. The highest BCUT2D eigenvalue weighted by Gasteiger charge is 2.34. The third kappa shape index (κ3) is 5.50. The monoisotopic (exact) mass is 770 g/mol. The second-order valence-corrected chi connectivity index (χ2v) is 15.9. The van der Waals surface area contributed by atoms with Gasteiger partial charge in [0.25, 0.3) is 0 Å². The minimum Gasteiger partial charge on any atom is -0.482 e. The first kappa shape index (κ1) is 34.4. The van der Waals surface area contributed by atoms with Crippen LogP contribution < -0.4 is 4.74 Å². The fraction of sp³-hybridized carbons (Fsp3) is 0.0727. The lowest BCUT2D eigenvalue weighted by atomic mass is 9.89. The number of pyridine rings is 3. The second kappa shape index (κ2) is 13.7. The summed E-state index contributed by atoms with van der Waals surface area (Å²) in [7, 11) is 2.12. The molecule has 0 fully saturated rings. The van der Waals surface area contributed by atoms with E-state index in [1.54, 1.807) is 0 Å². The molecular formula is C55H38N4O. The molecule has 2 aliphatic heterocycles. The molecule has 12 rings (SSSR count). The Bertz CT molecular complexity index is 3310. The maximum Gasteiger partial charge on any atom is 0.154 e. The van der Waals surface area contributed by atoms with Gasteiger partial charge in [0.1, 0.15) is 11.8 Å². The number of ether oxygens (including phenoxy) is 1. The Kier molecular flexibility index (Phi) is 7.88. The molecule has 1 aliphatic carbocycles. The highest BCUT2D eigenvalue weighted by molar-refractivity contribution is 6.25. The molecule has 5 nitrogen and oxygen atoms in total. The zero-order valence-corrected chi connectivity index (χ0v) is 33.0. The van der Waals surface area contributed by atoms with Crippen LogP contribution >= 0.6 is 0 Å². The van der Waals surface area contributed by atoms with Crippen molar-refractivity contribution >= 4 is 60.1 Å². The van der Waals surface area contributed by atoms with Crippen LogP contribution in [0, 0.1) is 0 Å². The van der Waals surface area contributed by atoms with Crippen molar-refractivity contribution in [1.82, 2.24) is 19.9 Å². The molecule has 0 amide bonds. The Morgan fingerprint density at radius 1 is 0.600 bits per heavy atom. The number of hydrogen-bond acceptors (Lipinski definition) is 5. The maximum absolute atomic E-state index is 6.91. The zero-order valence-electron chi connectivity index (χ0n) is 33.0. The summed E-state index contributed by atoms with van der Waals surface area (Å²) in [6, 6.07) is 51.9. The molecular weight excluding hydrogens is 733 g/mol. The van der Waals surface area contributed by atoms with E-state index in [0.29, 0.717) is 0 Å². The lowest BCUT2D eigenvalue weighted by Crippen LogP contribution is -2.26. The lowest BCUT2D eigenvalue weighted by molar-refractivity contribution is 0.279. The molecule has 284 valence electrons. The van der Waals surface area contributed by atoms with E-state index in [1.807, 2.05) is 30.6 Å². The van der Waals surface area contributed by atoms with Gasteiger partial charge in [0.05, 0.1) is 28.6 Å². The van der Waals surface area contributed by atoms with E-state index in [4.69, 9.17) is 19.7 Å². The van der Waals surface area contributed by atoms with Crippen LogP contribution in [0.4, 0.5) is 0 Å². The van der Waals surface area contributed by atoms with Crippen LogP contribution in [0.15, 0.2) is 188 Å². The van der Waals surface area contributed by atoms with Crippen molar-refractivity contribution < 1.29 is 4.74 Å². The first-order valence-corrected chi connectivity index (χ1v) is 20.6. The van der Waals surface area contributed by atoms with Crippen LogP contribution in [0.2, 0.25) is 0 Å². The molecule has 60 heavy (non-hydrogen) atoms. The van der Waals surface area contributed by atoms with Gasteiger partial charge >= 0.3 is 0 Å². The number of allylic oxidation sites excluding steroid dienone is 4. The topological polar surface area (TPSA) is 51.1 Å². The van der Waals surface area contributed by atoms with Gasteiger partial charge in [0.2, 0.25) is 0 Å². The highest BCUT2D eigenvalue weighted by atomic mass is 16.5. The summed E-state index contributed by atoms with van der Waals surface area (Å²) in [4.78, 5) is 17.2. The van der Waals surface area contributed by atoms with E-state index >= 15 is 0 Å². The minimum atomic E-state index is -0.0539. The molecule has 0 spiro atoms. The minimum absolute atomic E-state index is 0.0446. The average Bonchev–Trinajstić information content (AvgIpc) is 3.72. The fourth-order valence-corrected chi connectivity index (χ4v) is 9.57. The number of nitrogens with zero attached hydrogens (tertiary/aromatic N) is 4. The van der Waals surface area contributed by atoms with Crippen LogP contribution in [0.5, 0.6) is 5.75 Å². The number of likely N-dealkylation sites (N-methyl/N-ethyl adjacent to an activating group) is 1. The van der Waals surface area contributed by atoms with E-state index in [1.165, 1.54) is 37.9 Å². The van der Waals surface area contributed by atoms with Gasteiger partial charge in [-0.3, -0.25) is 9.97 Å². The summed E-state index contributed by atoms with van der Waals surface area (Å²) in [5.74, 6) is 0.863. The molecule has 0 bridgehead atoms. The predicted octanol–water partition coefficient (Wildman–Crippen LogP) is 13.0. The van der Waals surface area contributed by atoms with Gasteiger partial charge in [-0.05, 0) is 115 Å². The molecule has 9 aromatic rings. The SMILES string of the molecule is CN1C(c2ccccn2)=CC(c2cccc(-c3ccc4nc(-c5ccc6c7ccccc7c7ccccc7c6c5)c5c(c4c3)C3=CC=CCC3O5)c2)=CC1c1ccccn1. The number of fused-ring (bicyclic) bond motifs is 11.